The molecule has 0 unspecified atom stereocenters. The van der Waals surface area contributed by atoms with Gasteiger partial charge in [-0.2, -0.15) is 0 Å². The van der Waals surface area contributed by atoms with E-state index in [1.807, 2.05) is 13.0 Å². The Morgan fingerprint density at radius 1 is 1.26 bits per heavy atom. The second kappa shape index (κ2) is 7.61. The number of hydrogen-bond acceptors (Lipinski definition) is 7. The van der Waals surface area contributed by atoms with Gasteiger partial charge in [0.05, 0.1) is 30.6 Å². The second-order valence-electron chi connectivity index (χ2n) is 5.24. The topological polar surface area (TPSA) is 54.0 Å². The van der Waals surface area contributed by atoms with Gasteiger partial charge in [0.2, 0.25) is 4.38 Å². The number of hydrogen-bond donors (Lipinski definition) is 0. The van der Waals surface area contributed by atoms with E-state index in [2.05, 4.69) is 0 Å². The van der Waals surface area contributed by atoms with Crippen LogP contribution in [0.2, 0.25) is 0 Å². The first-order valence-electron chi connectivity index (χ1n) is 7.51. The van der Waals surface area contributed by atoms with Gasteiger partial charge >= 0.3 is 5.97 Å². The molecule has 0 N–H and O–H groups in total. The van der Waals surface area contributed by atoms with Crippen molar-refractivity contribution in [1.82, 2.24) is 0 Å². The van der Waals surface area contributed by atoms with Gasteiger partial charge in [-0.05, 0) is 31.3 Å². The standard InChI is InChI=1S/C16H18O5S2/c1-2-18-16(22)23-12-9-20-13-11(8-19-14(12)13)21-15(17)10-6-4-3-5-7-10/h3-7,11-14H,2,8-9H2,1H3/t11-,12-,13+,14+/m0/s1. The van der Waals surface area contributed by atoms with Crippen molar-refractivity contribution in [3.8, 4) is 0 Å². The van der Waals surface area contributed by atoms with Crippen molar-refractivity contribution >= 4 is 34.3 Å². The molecule has 7 heteroatoms. The summed E-state index contributed by atoms with van der Waals surface area (Å²) in [5.41, 5.74) is 0.525. The third kappa shape index (κ3) is 3.85. The molecule has 1 aromatic carbocycles. The number of carbonyl (C=O) groups is 1. The minimum absolute atomic E-state index is 0.0690. The molecule has 0 radical (unpaired) electrons. The fourth-order valence-corrected chi connectivity index (χ4v) is 4.12. The Bertz CT molecular complexity index is 565. The second-order valence-corrected chi connectivity index (χ2v) is 7.09. The molecular weight excluding hydrogens is 336 g/mol. The predicted molar refractivity (Wildman–Crippen MR) is 90.7 cm³/mol. The molecule has 0 saturated carbocycles. The zero-order valence-electron chi connectivity index (χ0n) is 12.7. The van der Waals surface area contributed by atoms with Crippen LogP contribution in [0.4, 0.5) is 0 Å². The van der Waals surface area contributed by atoms with Gasteiger partial charge < -0.3 is 18.9 Å². The molecule has 23 heavy (non-hydrogen) atoms. The van der Waals surface area contributed by atoms with Gasteiger partial charge in [-0.3, -0.25) is 0 Å². The number of ether oxygens (including phenoxy) is 4. The number of benzene rings is 1. The maximum atomic E-state index is 12.2. The molecule has 2 fully saturated rings. The van der Waals surface area contributed by atoms with E-state index >= 15 is 0 Å². The minimum atomic E-state index is -0.390. The molecule has 5 nitrogen and oxygen atoms in total. The maximum absolute atomic E-state index is 12.2. The largest absolute Gasteiger partial charge is 0.479 e. The smallest absolute Gasteiger partial charge is 0.338 e. The van der Waals surface area contributed by atoms with Gasteiger partial charge in [-0.25, -0.2) is 4.79 Å². The van der Waals surface area contributed by atoms with E-state index in [0.717, 1.165) is 0 Å². The van der Waals surface area contributed by atoms with Crippen molar-refractivity contribution in [3.63, 3.8) is 0 Å². The predicted octanol–water partition coefficient (Wildman–Crippen LogP) is 2.43. The van der Waals surface area contributed by atoms with Crippen molar-refractivity contribution in [1.29, 1.82) is 0 Å². The van der Waals surface area contributed by atoms with Crippen molar-refractivity contribution in [2.24, 2.45) is 0 Å². The van der Waals surface area contributed by atoms with Crippen LogP contribution >= 0.6 is 24.0 Å². The summed E-state index contributed by atoms with van der Waals surface area (Å²) < 4.78 is 22.9. The van der Waals surface area contributed by atoms with Gasteiger partial charge in [0, 0.05) is 0 Å². The molecule has 4 atom stereocenters. The summed E-state index contributed by atoms with van der Waals surface area (Å²) >= 11 is 6.60. The lowest BCUT2D eigenvalue weighted by Crippen LogP contribution is -2.33. The molecule has 2 aliphatic rings. The summed E-state index contributed by atoms with van der Waals surface area (Å²) in [6, 6.07) is 8.92. The Morgan fingerprint density at radius 3 is 2.74 bits per heavy atom. The molecule has 2 saturated heterocycles. The molecule has 0 aliphatic carbocycles. The molecule has 2 aliphatic heterocycles. The normalized spacial score (nSPS) is 29.1. The summed E-state index contributed by atoms with van der Waals surface area (Å²) in [5, 5.41) is 0.0690. The van der Waals surface area contributed by atoms with E-state index in [-0.39, 0.29) is 29.5 Å². The summed E-state index contributed by atoms with van der Waals surface area (Å²) in [6.45, 7) is 3.29. The summed E-state index contributed by atoms with van der Waals surface area (Å²) in [5.74, 6) is -0.357. The molecule has 0 aromatic heterocycles. The lowest BCUT2D eigenvalue weighted by molar-refractivity contribution is -0.0146. The van der Waals surface area contributed by atoms with Crippen LogP contribution in [-0.4, -0.2) is 53.7 Å². The SMILES string of the molecule is CCOC(=S)S[C@H]1CO[C@H]2[C@@H]1OC[C@@H]2OC(=O)c1ccccc1. The summed E-state index contributed by atoms with van der Waals surface area (Å²) in [4.78, 5) is 12.2. The molecule has 1 aromatic rings. The van der Waals surface area contributed by atoms with E-state index in [1.165, 1.54) is 11.8 Å². The maximum Gasteiger partial charge on any atom is 0.338 e. The highest BCUT2D eigenvalue weighted by molar-refractivity contribution is 8.23. The zero-order chi connectivity index (χ0) is 16.2. The molecule has 124 valence electrons. The Hall–Kier alpha value is -1.15. The average Bonchev–Trinajstić information content (AvgIpc) is 3.12. The van der Waals surface area contributed by atoms with E-state index in [9.17, 15) is 4.79 Å². The van der Waals surface area contributed by atoms with Gasteiger partial charge in [0.25, 0.3) is 0 Å². The number of thioether (sulfide) groups is 1. The van der Waals surface area contributed by atoms with Gasteiger partial charge in [0.15, 0.2) is 6.10 Å². The van der Waals surface area contributed by atoms with E-state index in [1.54, 1.807) is 24.3 Å². The summed E-state index contributed by atoms with van der Waals surface area (Å²) in [7, 11) is 0. The van der Waals surface area contributed by atoms with Crippen LogP contribution in [0.5, 0.6) is 0 Å². The average molecular weight is 354 g/mol. The van der Waals surface area contributed by atoms with Crippen LogP contribution in [0.25, 0.3) is 0 Å². The quantitative estimate of drug-likeness (QED) is 0.608. The molecule has 0 spiro atoms. The van der Waals surface area contributed by atoms with E-state index in [0.29, 0.717) is 29.8 Å². The Balaban J connectivity index is 1.57. The minimum Gasteiger partial charge on any atom is -0.479 e. The molecule has 2 heterocycles. The Morgan fingerprint density at radius 2 is 2.00 bits per heavy atom. The molecule has 0 amide bonds. The highest BCUT2D eigenvalue weighted by Gasteiger charge is 2.50. The lowest BCUT2D eigenvalue weighted by atomic mass is 10.1. The van der Waals surface area contributed by atoms with Crippen molar-refractivity contribution in [2.45, 2.75) is 30.5 Å². The van der Waals surface area contributed by atoms with E-state index in [4.69, 9.17) is 31.2 Å². The van der Waals surface area contributed by atoms with Crippen LogP contribution in [0.3, 0.4) is 0 Å². The first-order chi connectivity index (χ1) is 11.2. The number of carbonyl (C=O) groups excluding carboxylic acids is 1. The number of rotatable bonds is 4. The number of fused-ring (bicyclic) bond motifs is 1. The monoisotopic (exact) mass is 354 g/mol. The number of thiocarbonyl (C=S) groups is 1. The van der Waals surface area contributed by atoms with Crippen molar-refractivity contribution < 1.29 is 23.7 Å². The molecule has 0 bridgehead atoms. The molecular formula is C16H18O5S2. The van der Waals surface area contributed by atoms with Crippen LogP contribution in [0, 0.1) is 0 Å². The summed E-state index contributed by atoms with van der Waals surface area (Å²) in [6.07, 6.45) is -0.768. The van der Waals surface area contributed by atoms with E-state index < -0.39 is 0 Å². The zero-order valence-corrected chi connectivity index (χ0v) is 14.3. The third-order valence-corrected chi connectivity index (χ3v) is 5.16. The van der Waals surface area contributed by atoms with Gasteiger partial charge in [0.1, 0.15) is 12.2 Å². The van der Waals surface area contributed by atoms with Crippen LogP contribution in [0.1, 0.15) is 17.3 Å². The Kier molecular flexibility index (Phi) is 5.53. The van der Waals surface area contributed by atoms with Crippen molar-refractivity contribution in [3.05, 3.63) is 35.9 Å². The first kappa shape index (κ1) is 16.7. The highest BCUT2D eigenvalue weighted by Crippen LogP contribution is 2.36. The fourth-order valence-electron chi connectivity index (χ4n) is 2.69. The molecule has 3 rings (SSSR count). The van der Waals surface area contributed by atoms with Gasteiger partial charge in [-0.15, -0.1) is 0 Å². The van der Waals surface area contributed by atoms with Crippen LogP contribution in [-0.2, 0) is 18.9 Å². The number of esters is 1. The highest BCUT2D eigenvalue weighted by atomic mass is 32.2. The lowest BCUT2D eigenvalue weighted by Gasteiger charge is -2.17. The van der Waals surface area contributed by atoms with Gasteiger partial charge in [-0.1, -0.05) is 30.0 Å². The Labute approximate surface area is 144 Å². The van der Waals surface area contributed by atoms with Crippen LogP contribution < -0.4 is 0 Å². The first-order valence-corrected chi connectivity index (χ1v) is 8.80. The van der Waals surface area contributed by atoms with Crippen molar-refractivity contribution in [2.75, 3.05) is 19.8 Å². The van der Waals surface area contributed by atoms with Crippen LogP contribution in [0.15, 0.2) is 30.3 Å². The third-order valence-electron chi connectivity index (χ3n) is 3.74. The fraction of sp³-hybridized carbons (Fsp3) is 0.500.